The number of nitrogens with one attached hydrogen (secondary N) is 2. The van der Waals surface area contributed by atoms with Crippen molar-refractivity contribution in [2.75, 3.05) is 23.3 Å². The number of piperidine rings is 1. The molecule has 3 aromatic rings. The Balaban J connectivity index is 1.61. The summed E-state index contributed by atoms with van der Waals surface area (Å²) in [6.45, 7) is 8.02. The molecule has 1 saturated heterocycles. The summed E-state index contributed by atoms with van der Waals surface area (Å²) in [6, 6.07) is 22.9. The van der Waals surface area contributed by atoms with Gasteiger partial charge in [-0.1, -0.05) is 55.5 Å². The number of carbonyl (C=O) groups is 2. The number of anilines is 2. The molecule has 3 aromatic carbocycles. The van der Waals surface area contributed by atoms with Gasteiger partial charge in [-0.2, -0.15) is 0 Å². The summed E-state index contributed by atoms with van der Waals surface area (Å²) in [5, 5.41) is 6.12. The first kappa shape index (κ1) is 23.6. The lowest BCUT2D eigenvalue weighted by molar-refractivity contribution is 0.0939. The van der Waals surface area contributed by atoms with Crippen molar-refractivity contribution < 1.29 is 9.59 Å². The normalized spacial score (nSPS) is 15.0. The van der Waals surface area contributed by atoms with Crippen molar-refractivity contribution >= 4 is 23.2 Å². The minimum atomic E-state index is -0.179. The van der Waals surface area contributed by atoms with E-state index < -0.39 is 0 Å². The summed E-state index contributed by atoms with van der Waals surface area (Å²) in [4.78, 5) is 28.6. The fourth-order valence-electron chi connectivity index (χ4n) is 4.45. The van der Waals surface area contributed by atoms with E-state index in [2.05, 4.69) is 22.5 Å². The molecule has 176 valence electrons. The van der Waals surface area contributed by atoms with E-state index in [-0.39, 0.29) is 17.9 Å². The quantitative estimate of drug-likeness (QED) is 0.481. The van der Waals surface area contributed by atoms with E-state index in [0.717, 1.165) is 42.7 Å². The van der Waals surface area contributed by atoms with Crippen LogP contribution < -0.4 is 15.5 Å². The highest BCUT2D eigenvalue weighted by atomic mass is 16.2. The second kappa shape index (κ2) is 10.6. The van der Waals surface area contributed by atoms with Crippen molar-refractivity contribution in [1.29, 1.82) is 0 Å². The highest BCUT2D eigenvalue weighted by Crippen LogP contribution is 2.29. The predicted molar refractivity (Wildman–Crippen MR) is 139 cm³/mol. The zero-order chi connectivity index (χ0) is 24.1. The van der Waals surface area contributed by atoms with Crippen LogP contribution in [0.2, 0.25) is 0 Å². The number of hydrogen-bond donors (Lipinski definition) is 2. The van der Waals surface area contributed by atoms with Crippen molar-refractivity contribution in [3.05, 3.63) is 95.1 Å². The molecule has 34 heavy (non-hydrogen) atoms. The summed E-state index contributed by atoms with van der Waals surface area (Å²) in [6.07, 6.45) is 2.21. The molecular weight excluding hydrogens is 422 g/mol. The number of aryl methyl sites for hydroxylation is 1. The number of benzene rings is 3. The second-order valence-corrected chi connectivity index (χ2v) is 9.28. The van der Waals surface area contributed by atoms with E-state index in [1.54, 1.807) is 6.07 Å². The Hall–Kier alpha value is -3.60. The average Bonchev–Trinajstić information content (AvgIpc) is 2.85. The molecule has 1 unspecified atom stereocenters. The molecule has 2 amide bonds. The Morgan fingerprint density at radius 3 is 2.26 bits per heavy atom. The fraction of sp³-hybridized carbons (Fsp3) is 0.310. The van der Waals surface area contributed by atoms with Crippen molar-refractivity contribution in [1.82, 2.24) is 5.32 Å². The van der Waals surface area contributed by atoms with E-state index in [1.807, 2.05) is 80.6 Å². The van der Waals surface area contributed by atoms with Crippen LogP contribution >= 0.6 is 0 Å². The van der Waals surface area contributed by atoms with E-state index in [9.17, 15) is 9.59 Å². The third-order valence-corrected chi connectivity index (χ3v) is 6.66. The molecular formula is C29H33N3O2. The Bertz CT molecular complexity index is 1150. The van der Waals surface area contributed by atoms with Gasteiger partial charge in [-0.3, -0.25) is 9.59 Å². The van der Waals surface area contributed by atoms with Crippen LogP contribution in [0.25, 0.3) is 0 Å². The van der Waals surface area contributed by atoms with Gasteiger partial charge in [-0.25, -0.2) is 0 Å². The molecule has 0 aliphatic carbocycles. The van der Waals surface area contributed by atoms with Gasteiger partial charge in [0.1, 0.15) is 0 Å². The van der Waals surface area contributed by atoms with Gasteiger partial charge >= 0.3 is 0 Å². The Kier molecular flexibility index (Phi) is 7.31. The van der Waals surface area contributed by atoms with Gasteiger partial charge in [0.05, 0.1) is 11.6 Å². The maximum Gasteiger partial charge on any atom is 0.255 e. The van der Waals surface area contributed by atoms with Gasteiger partial charge in [0.25, 0.3) is 11.8 Å². The highest BCUT2D eigenvalue weighted by Gasteiger charge is 2.23. The maximum atomic E-state index is 13.5. The molecule has 4 rings (SSSR count). The van der Waals surface area contributed by atoms with Crippen LogP contribution in [0.15, 0.2) is 72.8 Å². The van der Waals surface area contributed by atoms with E-state index in [1.165, 1.54) is 0 Å². The molecule has 0 saturated carbocycles. The standard InChI is InChI=1S/C29H33N3O2/c1-20-15-17-32(18-16-20)27-14-13-24(31-28(33)25-12-8-7-9-21(25)2)19-26(27)29(34)30-22(3)23-10-5-4-6-11-23/h4-14,19-20,22H,15-18H2,1-3H3,(H,30,34)(H,31,33). The molecule has 1 aliphatic heterocycles. The molecule has 2 N–H and O–H groups in total. The molecule has 5 nitrogen and oxygen atoms in total. The molecule has 0 spiro atoms. The van der Waals surface area contributed by atoms with E-state index in [4.69, 9.17) is 0 Å². The SMILES string of the molecule is Cc1ccccc1C(=O)Nc1ccc(N2CCC(C)CC2)c(C(=O)NC(C)c2ccccc2)c1. The highest BCUT2D eigenvalue weighted by molar-refractivity contribution is 6.07. The van der Waals surface area contributed by atoms with Gasteiger partial charge in [-0.15, -0.1) is 0 Å². The lowest BCUT2D eigenvalue weighted by Gasteiger charge is -2.33. The van der Waals surface area contributed by atoms with E-state index in [0.29, 0.717) is 22.7 Å². The Morgan fingerprint density at radius 2 is 1.56 bits per heavy atom. The first-order chi connectivity index (χ1) is 16.4. The minimum absolute atomic E-state index is 0.131. The van der Waals surface area contributed by atoms with Crippen LogP contribution in [0.1, 0.15) is 64.6 Å². The minimum Gasteiger partial charge on any atom is -0.371 e. The lowest BCUT2D eigenvalue weighted by Crippen LogP contribution is -2.35. The number of hydrogen-bond acceptors (Lipinski definition) is 3. The summed E-state index contributed by atoms with van der Waals surface area (Å²) < 4.78 is 0. The zero-order valence-corrected chi connectivity index (χ0v) is 20.2. The van der Waals surface area contributed by atoms with Crippen molar-refractivity contribution in [2.24, 2.45) is 5.92 Å². The topological polar surface area (TPSA) is 61.4 Å². The van der Waals surface area contributed by atoms with Gasteiger partial charge in [0, 0.05) is 30.0 Å². The van der Waals surface area contributed by atoms with Crippen LogP contribution in [-0.4, -0.2) is 24.9 Å². The summed E-state index contributed by atoms with van der Waals surface area (Å²) in [5.41, 5.74) is 4.69. The first-order valence-electron chi connectivity index (χ1n) is 12.0. The molecule has 0 aromatic heterocycles. The number of nitrogens with zero attached hydrogens (tertiary/aromatic N) is 1. The number of carbonyl (C=O) groups excluding carboxylic acids is 2. The van der Waals surface area contributed by atoms with Gasteiger partial charge < -0.3 is 15.5 Å². The van der Waals surface area contributed by atoms with Crippen molar-refractivity contribution in [3.63, 3.8) is 0 Å². The summed E-state index contributed by atoms with van der Waals surface area (Å²) >= 11 is 0. The molecule has 1 fully saturated rings. The Labute approximate surface area is 202 Å². The van der Waals surface area contributed by atoms with E-state index >= 15 is 0 Å². The third kappa shape index (κ3) is 5.48. The molecule has 1 atom stereocenters. The largest absolute Gasteiger partial charge is 0.371 e. The smallest absolute Gasteiger partial charge is 0.255 e. The summed E-state index contributed by atoms with van der Waals surface area (Å²) in [5.74, 6) is 0.373. The second-order valence-electron chi connectivity index (χ2n) is 9.28. The molecule has 1 aliphatic rings. The predicted octanol–water partition coefficient (Wildman–Crippen LogP) is 5.97. The Morgan fingerprint density at radius 1 is 0.882 bits per heavy atom. The van der Waals surface area contributed by atoms with Crippen LogP contribution in [0.3, 0.4) is 0 Å². The lowest BCUT2D eigenvalue weighted by atomic mass is 9.97. The molecule has 5 heteroatoms. The van der Waals surface area contributed by atoms with Crippen LogP contribution in [0.5, 0.6) is 0 Å². The van der Waals surface area contributed by atoms with Crippen LogP contribution in [-0.2, 0) is 0 Å². The third-order valence-electron chi connectivity index (χ3n) is 6.66. The maximum absolute atomic E-state index is 13.5. The van der Waals surface area contributed by atoms with Crippen LogP contribution in [0, 0.1) is 12.8 Å². The van der Waals surface area contributed by atoms with Gasteiger partial charge in [0.15, 0.2) is 0 Å². The fourth-order valence-corrected chi connectivity index (χ4v) is 4.45. The molecule has 1 heterocycles. The van der Waals surface area contributed by atoms with Crippen molar-refractivity contribution in [3.8, 4) is 0 Å². The zero-order valence-electron chi connectivity index (χ0n) is 20.2. The van der Waals surface area contributed by atoms with Crippen LogP contribution in [0.4, 0.5) is 11.4 Å². The number of amides is 2. The first-order valence-corrected chi connectivity index (χ1v) is 12.0. The van der Waals surface area contributed by atoms with Gasteiger partial charge in [-0.05, 0) is 68.0 Å². The van der Waals surface area contributed by atoms with Gasteiger partial charge in [0.2, 0.25) is 0 Å². The van der Waals surface area contributed by atoms with Crippen molar-refractivity contribution in [2.45, 2.75) is 39.7 Å². The monoisotopic (exact) mass is 455 g/mol. The number of rotatable bonds is 6. The average molecular weight is 456 g/mol. The molecule has 0 bridgehead atoms. The molecule has 0 radical (unpaired) electrons. The summed E-state index contributed by atoms with van der Waals surface area (Å²) in [7, 11) is 0.